The summed E-state index contributed by atoms with van der Waals surface area (Å²) in [6.45, 7) is 1.75. The molecule has 0 aliphatic heterocycles. The van der Waals surface area contributed by atoms with Crippen LogP contribution in [0.5, 0.6) is 0 Å². The Morgan fingerprint density at radius 1 is 1.54 bits per heavy atom. The summed E-state index contributed by atoms with van der Waals surface area (Å²) in [5.74, 6) is 5.19. The van der Waals surface area contributed by atoms with Gasteiger partial charge in [0.05, 0.1) is 11.4 Å². The standard InChI is InChI=1S/C9H9N3O/c1-6-7(3-2-4-13)5-8(10)9(11)12-6/h4-5H,10H2,1H3,(H2,11,12). The number of pyridine rings is 1. The van der Waals surface area contributed by atoms with Gasteiger partial charge in [-0.1, -0.05) is 5.92 Å². The lowest BCUT2D eigenvalue weighted by Gasteiger charge is -2.02. The lowest BCUT2D eigenvalue weighted by molar-refractivity contribution is -0.103. The van der Waals surface area contributed by atoms with Gasteiger partial charge in [-0.2, -0.15) is 0 Å². The van der Waals surface area contributed by atoms with E-state index in [1.54, 1.807) is 13.0 Å². The Hall–Kier alpha value is -2.02. The number of carbonyl (C=O) groups excluding carboxylic acids is 1. The van der Waals surface area contributed by atoms with Crippen LogP contribution in [-0.4, -0.2) is 11.3 Å². The fraction of sp³-hybridized carbons (Fsp3) is 0.111. The van der Waals surface area contributed by atoms with Gasteiger partial charge >= 0.3 is 0 Å². The third-order valence-electron chi connectivity index (χ3n) is 1.54. The lowest BCUT2D eigenvalue weighted by Crippen LogP contribution is -2.01. The van der Waals surface area contributed by atoms with Crippen molar-refractivity contribution in [1.29, 1.82) is 0 Å². The van der Waals surface area contributed by atoms with Gasteiger partial charge in [0, 0.05) is 5.56 Å². The largest absolute Gasteiger partial charge is 0.396 e. The highest BCUT2D eigenvalue weighted by atomic mass is 16.1. The minimum atomic E-state index is 0.286. The maximum Gasteiger partial charge on any atom is 0.193 e. The monoisotopic (exact) mass is 175 g/mol. The van der Waals surface area contributed by atoms with Crippen molar-refractivity contribution in [1.82, 2.24) is 4.98 Å². The molecule has 0 aliphatic rings. The molecule has 13 heavy (non-hydrogen) atoms. The van der Waals surface area contributed by atoms with Crippen molar-refractivity contribution < 1.29 is 4.79 Å². The predicted molar refractivity (Wildman–Crippen MR) is 50.7 cm³/mol. The molecule has 0 atom stereocenters. The van der Waals surface area contributed by atoms with E-state index in [9.17, 15) is 4.79 Å². The maximum atomic E-state index is 9.99. The first-order valence-electron chi connectivity index (χ1n) is 3.63. The Balaban J connectivity index is 3.23. The summed E-state index contributed by atoms with van der Waals surface area (Å²) in [7, 11) is 0. The molecular weight excluding hydrogens is 166 g/mol. The lowest BCUT2D eigenvalue weighted by atomic mass is 10.2. The quantitative estimate of drug-likeness (QED) is 0.433. The zero-order valence-corrected chi connectivity index (χ0v) is 7.16. The Labute approximate surface area is 76.0 Å². The molecule has 1 rings (SSSR count). The fourth-order valence-corrected chi connectivity index (χ4v) is 0.873. The smallest absolute Gasteiger partial charge is 0.193 e. The van der Waals surface area contributed by atoms with Gasteiger partial charge in [0.1, 0.15) is 5.82 Å². The highest BCUT2D eigenvalue weighted by Gasteiger charge is 2.01. The second kappa shape index (κ2) is 3.59. The van der Waals surface area contributed by atoms with Crippen LogP contribution in [0.25, 0.3) is 0 Å². The van der Waals surface area contributed by atoms with Crippen molar-refractivity contribution in [2.75, 3.05) is 11.5 Å². The Kier molecular flexibility index (Phi) is 2.50. The SMILES string of the molecule is Cc1nc(N)c(N)cc1C#CC=O. The van der Waals surface area contributed by atoms with E-state index >= 15 is 0 Å². The van der Waals surface area contributed by atoms with Crippen molar-refractivity contribution in [3.05, 3.63) is 17.3 Å². The highest BCUT2D eigenvalue weighted by molar-refractivity contribution is 5.74. The molecule has 0 bridgehead atoms. The molecule has 0 aromatic carbocycles. The van der Waals surface area contributed by atoms with Crippen molar-refractivity contribution in [2.24, 2.45) is 0 Å². The van der Waals surface area contributed by atoms with Gasteiger partial charge in [0.25, 0.3) is 0 Å². The van der Waals surface area contributed by atoms with Crippen molar-refractivity contribution in [3.8, 4) is 11.8 Å². The number of hydrogen-bond donors (Lipinski definition) is 2. The van der Waals surface area contributed by atoms with E-state index in [2.05, 4.69) is 16.8 Å². The van der Waals surface area contributed by atoms with Crippen molar-refractivity contribution >= 4 is 17.8 Å². The van der Waals surface area contributed by atoms with Crippen LogP contribution in [0.15, 0.2) is 6.07 Å². The summed E-state index contributed by atoms with van der Waals surface area (Å²) < 4.78 is 0. The second-order valence-electron chi connectivity index (χ2n) is 2.48. The number of aldehydes is 1. The molecular formula is C9H9N3O. The molecule has 66 valence electrons. The van der Waals surface area contributed by atoms with Gasteiger partial charge in [0.2, 0.25) is 0 Å². The van der Waals surface area contributed by atoms with Crippen LogP contribution in [0, 0.1) is 18.8 Å². The number of aryl methyl sites for hydroxylation is 1. The Morgan fingerprint density at radius 3 is 2.85 bits per heavy atom. The van der Waals surface area contributed by atoms with E-state index in [0.717, 1.165) is 0 Å². The number of rotatable bonds is 0. The first kappa shape index (κ1) is 9.07. The van der Waals surface area contributed by atoms with Crippen molar-refractivity contribution in [3.63, 3.8) is 0 Å². The Bertz CT molecular complexity index is 401. The minimum absolute atomic E-state index is 0.286. The summed E-state index contributed by atoms with van der Waals surface area (Å²) in [5.41, 5.74) is 12.6. The molecule has 1 aromatic rings. The molecule has 0 amide bonds. The molecule has 0 fully saturated rings. The normalized spacial score (nSPS) is 8.69. The molecule has 0 spiro atoms. The van der Waals surface area contributed by atoms with Crippen molar-refractivity contribution in [2.45, 2.75) is 6.92 Å². The first-order chi connectivity index (χ1) is 6.15. The fourth-order valence-electron chi connectivity index (χ4n) is 0.873. The van der Waals surface area contributed by atoms with Gasteiger partial charge in [-0.25, -0.2) is 4.98 Å². The number of aromatic nitrogens is 1. The maximum absolute atomic E-state index is 9.99. The van der Waals surface area contributed by atoms with E-state index in [1.165, 1.54) is 0 Å². The summed E-state index contributed by atoms with van der Waals surface area (Å²) >= 11 is 0. The zero-order chi connectivity index (χ0) is 9.84. The number of nitrogen functional groups attached to an aromatic ring is 2. The van der Waals surface area contributed by atoms with E-state index in [4.69, 9.17) is 11.5 Å². The van der Waals surface area contributed by atoms with Crippen LogP contribution in [0.1, 0.15) is 11.3 Å². The van der Waals surface area contributed by atoms with E-state index in [0.29, 0.717) is 23.2 Å². The average Bonchev–Trinajstić information content (AvgIpc) is 2.09. The zero-order valence-electron chi connectivity index (χ0n) is 7.16. The topological polar surface area (TPSA) is 82.0 Å². The molecule has 4 N–H and O–H groups in total. The molecule has 0 unspecified atom stereocenters. The highest BCUT2D eigenvalue weighted by Crippen LogP contribution is 2.15. The average molecular weight is 175 g/mol. The van der Waals surface area contributed by atoms with Gasteiger partial charge in [0.15, 0.2) is 6.29 Å². The molecule has 0 aliphatic carbocycles. The second-order valence-corrected chi connectivity index (χ2v) is 2.48. The molecule has 4 heteroatoms. The van der Waals surface area contributed by atoms with Crippen LogP contribution in [0.2, 0.25) is 0 Å². The number of anilines is 2. The number of nitrogens with zero attached hydrogens (tertiary/aromatic N) is 1. The molecule has 0 saturated carbocycles. The van der Waals surface area contributed by atoms with Crippen LogP contribution in [0.4, 0.5) is 11.5 Å². The predicted octanol–water partition coefficient (Wildman–Crippen LogP) is 0.105. The van der Waals surface area contributed by atoms with Crippen LogP contribution in [0.3, 0.4) is 0 Å². The minimum Gasteiger partial charge on any atom is -0.396 e. The first-order valence-corrected chi connectivity index (χ1v) is 3.63. The van der Waals surface area contributed by atoms with E-state index in [1.807, 2.05) is 0 Å². The molecule has 0 saturated heterocycles. The molecule has 1 heterocycles. The van der Waals surface area contributed by atoms with Gasteiger partial charge in [-0.3, -0.25) is 4.79 Å². The number of carbonyl (C=O) groups is 1. The number of nitrogens with two attached hydrogens (primary N) is 2. The molecule has 1 aromatic heterocycles. The van der Waals surface area contributed by atoms with Gasteiger partial charge < -0.3 is 11.5 Å². The van der Waals surface area contributed by atoms with Gasteiger partial charge in [-0.15, -0.1) is 0 Å². The van der Waals surface area contributed by atoms with E-state index < -0.39 is 0 Å². The van der Waals surface area contributed by atoms with Crippen LogP contribution >= 0.6 is 0 Å². The third kappa shape index (κ3) is 1.97. The summed E-state index contributed by atoms with van der Waals surface area (Å²) in [5, 5.41) is 0. The third-order valence-corrected chi connectivity index (χ3v) is 1.54. The van der Waals surface area contributed by atoms with Crippen LogP contribution in [-0.2, 0) is 4.79 Å². The van der Waals surface area contributed by atoms with Gasteiger partial charge in [-0.05, 0) is 18.9 Å². The summed E-state index contributed by atoms with van der Waals surface area (Å²) in [6, 6.07) is 1.61. The molecule has 4 nitrogen and oxygen atoms in total. The summed E-state index contributed by atoms with van der Waals surface area (Å²) in [4.78, 5) is 14.0. The summed E-state index contributed by atoms with van der Waals surface area (Å²) in [6.07, 6.45) is 0.520. The Morgan fingerprint density at radius 2 is 2.23 bits per heavy atom. The molecule has 0 radical (unpaired) electrons. The number of hydrogen-bond acceptors (Lipinski definition) is 4. The van der Waals surface area contributed by atoms with Crippen LogP contribution < -0.4 is 11.5 Å². The van der Waals surface area contributed by atoms with E-state index in [-0.39, 0.29) is 5.82 Å².